The maximum atomic E-state index is 15.4. The Labute approximate surface area is 188 Å². The molecule has 0 amide bonds. The van der Waals surface area contributed by atoms with Gasteiger partial charge in [-0.15, -0.1) is 6.42 Å². The monoisotopic (exact) mass is 555 g/mol. The maximum absolute atomic E-state index is 15.4. The fourth-order valence-electron chi connectivity index (χ4n) is 2.95. The minimum Gasteiger partial charge on any atom is -0.387 e. The molecule has 1 aliphatic rings. The molecule has 1 fully saturated rings. The zero-order valence-corrected chi connectivity index (χ0v) is 19.6. The number of aliphatic hydroxyl groups is 1. The third-order valence-corrected chi connectivity index (χ3v) is 8.23. The van der Waals surface area contributed by atoms with Crippen LogP contribution in [-0.4, -0.2) is 58.2 Å². The summed E-state index contributed by atoms with van der Waals surface area (Å²) in [6.07, 6.45) is -3.07. The van der Waals surface area contributed by atoms with Crippen molar-refractivity contribution in [1.82, 2.24) is 9.55 Å². The number of aliphatic hydroxyl groups excluding tert-OH is 1. The summed E-state index contributed by atoms with van der Waals surface area (Å²) in [6.45, 7) is 1.60. The van der Waals surface area contributed by atoms with E-state index < -0.39 is 76.7 Å². The van der Waals surface area contributed by atoms with Crippen molar-refractivity contribution < 1.29 is 65.0 Å². The van der Waals surface area contributed by atoms with E-state index in [1.165, 1.54) is 0 Å². The van der Waals surface area contributed by atoms with Crippen LogP contribution in [0.25, 0.3) is 0 Å². The van der Waals surface area contributed by atoms with E-state index >= 15 is 4.39 Å². The molecule has 2 rings (SSSR count). The molecule has 0 bridgehead atoms. The average molecular weight is 555 g/mol. The van der Waals surface area contributed by atoms with E-state index in [4.69, 9.17) is 26.7 Å². The van der Waals surface area contributed by atoms with Crippen LogP contribution in [0.1, 0.15) is 25.8 Å². The number of nitrogens with two attached hydrogens (primary N) is 1. The minimum absolute atomic E-state index is 0.229. The summed E-state index contributed by atoms with van der Waals surface area (Å²) in [5, 5.41) is 10.3. The van der Waals surface area contributed by atoms with E-state index in [0.717, 1.165) is 6.92 Å². The highest BCUT2D eigenvalue weighted by atomic mass is 31.3. The first-order chi connectivity index (χ1) is 15.2. The Morgan fingerprint density at radius 2 is 1.82 bits per heavy atom. The Hall–Kier alpha value is -1.57. The van der Waals surface area contributed by atoms with Crippen molar-refractivity contribution in [1.29, 1.82) is 0 Å². The Bertz CT molecular complexity index is 1210. The standard InChI is InChI=1S/C13H18F2N3O13P3/c1-4-6-7(14)10(16)17-12(20)18(6)11-13(3,15)9(19)8(28-11)5(2)29-33(24,25)31-34(26,27)30-32(21,22)23/h1,5,8-9,11,19H,2-3H3,(H,24,25)(H,26,27)(H2,16,17,20)(H2,21,22,23)/t5-,8+,9-,11+,13+/m0/s1. The molecule has 16 nitrogen and oxygen atoms in total. The Kier molecular flexibility index (Phi) is 7.99. The highest BCUT2D eigenvalue weighted by Crippen LogP contribution is 2.66. The molecule has 0 saturated carbocycles. The molecule has 1 aromatic rings. The van der Waals surface area contributed by atoms with E-state index in [1.807, 2.05) is 0 Å². The Balaban J connectivity index is 2.35. The summed E-state index contributed by atoms with van der Waals surface area (Å²) in [6, 6.07) is 0. The van der Waals surface area contributed by atoms with Crippen molar-refractivity contribution in [2.75, 3.05) is 5.73 Å². The minimum atomic E-state index is -5.86. The molecule has 0 aromatic carbocycles. The van der Waals surface area contributed by atoms with Crippen molar-refractivity contribution in [2.45, 2.75) is 44.1 Å². The summed E-state index contributed by atoms with van der Waals surface area (Å²) in [5.74, 6) is -0.503. The van der Waals surface area contributed by atoms with Crippen molar-refractivity contribution in [3.8, 4) is 12.3 Å². The SMILES string of the molecule is C#Cc1c(F)c(N)nc(=O)n1[C@@H]1O[C@H]([C@H](C)OP(=O)(O)OP(=O)(O)OP(=O)(O)O)[C@H](O)[C@@]1(C)F. The first kappa shape index (κ1) is 28.7. The van der Waals surface area contributed by atoms with Crippen molar-refractivity contribution in [2.24, 2.45) is 0 Å². The van der Waals surface area contributed by atoms with Crippen molar-refractivity contribution >= 4 is 29.3 Å². The lowest BCUT2D eigenvalue weighted by Crippen LogP contribution is -2.45. The number of anilines is 1. The number of phosphoric acid groups is 3. The normalized spacial score (nSPS) is 29.7. The number of aromatic nitrogens is 2. The second-order valence-electron chi connectivity index (χ2n) is 6.91. The van der Waals surface area contributed by atoms with Gasteiger partial charge in [0.1, 0.15) is 17.9 Å². The molecule has 1 saturated heterocycles. The molecule has 192 valence electrons. The number of phosphoric ester groups is 1. The van der Waals surface area contributed by atoms with Gasteiger partial charge in [0.25, 0.3) is 0 Å². The fraction of sp³-hybridized carbons (Fsp3) is 0.538. The second-order valence-corrected chi connectivity index (χ2v) is 11.3. The summed E-state index contributed by atoms with van der Waals surface area (Å²) in [7, 11) is -17.2. The van der Waals surface area contributed by atoms with Crippen LogP contribution in [0.5, 0.6) is 0 Å². The summed E-state index contributed by atoms with van der Waals surface area (Å²) >= 11 is 0. The molecule has 2 heterocycles. The number of hydrogen-bond acceptors (Lipinski definition) is 11. The summed E-state index contributed by atoms with van der Waals surface area (Å²) in [5.41, 5.74) is 0.0309. The van der Waals surface area contributed by atoms with E-state index in [9.17, 15) is 37.8 Å². The highest BCUT2D eigenvalue weighted by molar-refractivity contribution is 7.66. The van der Waals surface area contributed by atoms with Crippen LogP contribution in [0.3, 0.4) is 0 Å². The lowest BCUT2D eigenvalue weighted by atomic mass is 9.96. The molecule has 0 aliphatic carbocycles. The van der Waals surface area contributed by atoms with Crippen LogP contribution in [0.4, 0.5) is 14.6 Å². The van der Waals surface area contributed by atoms with Gasteiger partial charge in [0.2, 0.25) is 0 Å². The maximum Gasteiger partial charge on any atom is 0.490 e. The van der Waals surface area contributed by atoms with Crippen LogP contribution in [0.2, 0.25) is 0 Å². The van der Waals surface area contributed by atoms with Gasteiger partial charge in [-0.2, -0.15) is 18.0 Å². The molecule has 0 spiro atoms. The van der Waals surface area contributed by atoms with Gasteiger partial charge >= 0.3 is 29.2 Å². The zero-order valence-electron chi connectivity index (χ0n) is 17.0. The van der Waals surface area contributed by atoms with Crippen LogP contribution in [-0.2, 0) is 31.6 Å². The van der Waals surface area contributed by atoms with E-state index in [-0.39, 0.29) is 4.57 Å². The number of alkyl halides is 1. The first-order valence-electron chi connectivity index (χ1n) is 8.61. The van der Waals surface area contributed by atoms with Gasteiger partial charge in [0.15, 0.2) is 23.5 Å². The van der Waals surface area contributed by atoms with Gasteiger partial charge < -0.3 is 35.2 Å². The van der Waals surface area contributed by atoms with E-state index in [0.29, 0.717) is 6.92 Å². The fourth-order valence-corrected chi connectivity index (χ4v) is 6.15. The number of hydrogen-bond donors (Lipinski definition) is 6. The predicted octanol–water partition coefficient (Wildman–Crippen LogP) is -0.336. The average Bonchev–Trinajstić information content (AvgIpc) is 2.84. The predicted molar refractivity (Wildman–Crippen MR) is 105 cm³/mol. The lowest BCUT2D eigenvalue weighted by Gasteiger charge is -2.26. The summed E-state index contributed by atoms with van der Waals surface area (Å²) in [4.78, 5) is 51.2. The number of ether oxygens (including phenoxy) is 1. The lowest BCUT2D eigenvalue weighted by molar-refractivity contribution is -0.0811. The molecule has 7 N–H and O–H groups in total. The first-order valence-corrected chi connectivity index (χ1v) is 13.1. The van der Waals surface area contributed by atoms with Crippen LogP contribution >= 0.6 is 23.5 Å². The quantitative estimate of drug-likeness (QED) is 0.177. The van der Waals surface area contributed by atoms with Gasteiger partial charge in [0.05, 0.1) is 6.10 Å². The summed E-state index contributed by atoms with van der Waals surface area (Å²) < 4.78 is 80.7. The molecule has 1 aromatic heterocycles. The number of rotatable bonds is 8. The number of nitrogens with zero attached hydrogens (tertiary/aromatic N) is 2. The third kappa shape index (κ3) is 6.16. The topological polar surface area (TPSA) is 250 Å². The molecule has 2 unspecified atom stereocenters. The van der Waals surface area contributed by atoms with Gasteiger partial charge in [-0.3, -0.25) is 9.09 Å². The molecular weight excluding hydrogens is 537 g/mol. The number of terminal acetylenes is 1. The molecule has 1 aliphatic heterocycles. The van der Waals surface area contributed by atoms with E-state index in [1.54, 1.807) is 5.92 Å². The van der Waals surface area contributed by atoms with E-state index in [2.05, 4.69) is 18.1 Å². The van der Waals surface area contributed by atoms with Crippen molar-refractivity contribution in [3.63, 3.8) is 0 Å². The van der Waals surface area contributed by atoms with Gasteiger partial charge in [-0.25, -0.2) is 22.9 Å². The number of nitrogen functional groups attached to an aromatic ring is 1. The Morgan fingerprint density at radius 3 is 2.32 bits per heavy atom. The van der Waals surface area contributed by atoms with Gasteiger partial charge in [-0.1, -0.05) is 0 Å². The third-order valence-electron chi connectivity index (χ3n) is 4.30. The largest absolute Gasteiger partial charge is 0.490 e. The second kappa shape index (κ2) is 9.47. The van der Waals surface area contributed by atoms with Crippen molar-refractivity contribution in [3.05, 3.63) is 22.0 Å². The molecule has 34 heavy (non-hydrogen) atoms. The van der Waals surface area contributed by atoms with Gasteiger partial charge in [0, 0.05) is 0 Å². The zero-order chi connectivity index (χ0) is 26.4. The highest BCUT2D eigenvalue weighted by Gasteiger charge is 2.58. The van der Waals surface area contributed by atoms with Crippen LogP contribution in [0, 0.1) is 18.2 Å². The molecule has 0 radical (unpaired) electrons. The molecular formula is C13H18F2N3O13P3. The number of halogens is 2. The van der Waals surface area contributed by atoms with Gasteiger partial charge in [-0.05, 0) is 19.8 Å². The Morgan fingerprint density at radius 1 is 1.26 bits per heavy atom. The van der Waals surface area contributed by atoms with Crippen LogP contribution in [0.15, 0.2) is 4.79 Å². The molecule has 7 atom stereocenters. The molecule has 21 heteroatoms. The van der Waals surface area contributed by atoms with Crippen LogP contribution < -0.4 is 11.4 Å². The smallest absolute Gasteiger partial charge is 0.387 e.